The molecular formula is C18H30N2O4. The first-order valence-corrected chi connectivity index (χ1v) is 8.99. The standard InChI is InChI=1S/C18H30N2O4/c1-2-6-14(11-16(23)20-10-5-7-15(20)12-21)17(24)19-18(13-22)8-3-4-9-18/h2,14-15,21-22H,1,3-13H2,(H,19,24). The molecule has 1 heterocycles. The highest BCUT2D eigenvalue weighted by atomic mass is 16.3. The number of aliphatic hydroxyl groups is 2. The molecule has 1 saturated carbocycles. The summed E-state index contributed by atoms with van der Waals surface area (Å²) in [7, 11) is 0. The van der Waals surface area contributed by atoms with E-state index in [1.807, 2.05) is 0 Å². The molecule has 6 heteroatoms. The summed E-state index contributed by atoms with van der Waals surface area (Å²) >= 11 is 0. The van der Waals surface area contributed by atoms with Gasteiger partial charge in [0.1, 0.15) is 0 Å². The van der Waals surface area contributed by atoms with Crippen LogP contribution in [0.1, 0.15) is 51.4 Å². The van der Waals surface area contributed by atoms with E-state index in [2.05, 4.69) is 11.9 Å². The molecular weight excluding hydrogens is 308 g/mol. The van der Waals surface area contributed by atoms with Crippen LogP contribution in [0.5, 0.6) is 0 Å². The minimum Gasteiger partial charge on any atom is -0.394 e. The molecule has 1 saturated heterocycles. The molecule has 6 nitrogen and oxygen atoms in total. The third kappa shape index (κ3) is 4.36. The quantitative estimate of drug-likeness (QED) is 0.575. The van der Waals surface area contributed by atoms with Gasteiger partial charge in [0.25, 0.3) is 0 Å². The number of allylic oxidation sites excluding steroid dienone is 1. The predicted octanol–water partition coefficient (Wildman–Crippen LogP) is 0.973. The summed E-state index contributed by atoms with van der Waals surface area (Å²) in [5.74, 6) is -0.740. The van der Waals surface area contributed by atoms with Gasteiger partial charge in [0, 0.05) is 13.0 Å². The summed E-state index contributed by atoms with van der Waals surface area (Å²) in [6.07, 6.45) is 7.47. The summed E-state index contributed by atoms with van der Waals surface area (Å²) in [4.78, 5) is 26.9. The van der Waals surface area contributed by atoms with Crippen molar-refractivity contribution in [3.63, 3.8) is 0 Å². The Bertz CT molecular complexity index is 460. The van der Waals surface area contributed by atoms with Crippen molar-refractivity contribution in [2.75, 3.05) is 19.8 Å². The minimum atomic E-state index is -0.527. The van der Waals surface area contributed by atoms with Gasteiger partial charge in [-0.2, -0.15) is 0 Å². The average molecular weight is 338 g/mol. The number of carbonyl (C=O) groups is 2. The van der Waals surface area contributed by atoms with Crippen LogP contribution in [0.25, 0.3) is 0 Å². The minimum absolute atomic E-state index is 0.0301. The largest absolute Gasteiger partial charge is 0.394 e. The van der Waals surface area contributed by atoms with Gasteiger partial charge in [0.05, 0.1) is 30.7 Å². The predicted molar refractivity (Wildman–Crippen MR) is 91.2 cm³/mol. The van der Waals surface area contributed by atoms with Crippen LogP contribution in [0.3, 0.4) is 0 Å². The number of carbonyl (C=O) groups excluding carboxylic acids is 2. The van der Waals surface area contributed by atoms with Gasteiger partial charge in [-0.25, -0.2) is 0 Å². The molecule has 2 unspecified atom stereocenters. The lowest BCUT2D eigenvalue weighted by molar-refractivity contribution is -0.138. The van der Waals surface area contributed by atoms with Gasteiger partial charge >= 0.3 is 0 Å². The van der Waals surface area contributed by atoms with Gasteiger partial charge in [-0.3, -0.25) is 9.59 Å². The molecule has 2 aliphatic rings. The first kappa shape index (κ1) is 18.9. The van der Waals surface area contributed by atoms with Gasteiger partial charge in [0.15, 0.2) is 0 Å². The normalized spacial score (nSPS) is 23.9. The number of hydrogen-bond acceptors (Lipinski definition) is 4. The second-order valence-electron chi connectivity index (χ2n) is 7.13. The lowest BCUT2D eigenvalue weighted by atomic mass is 9.94. The maximum absolute atomic E-state index is 12.7. The Morgan fingerprint density at radius 3 is 2.58 bits per heavy atom. The van der Waals surface area contributed by atoms with Crippen LogP contribution >= 0.6 is 0 Å². The highest BCUT2D eigenvalue weighted by Gasteiger charge is 2.37. The molecule has 0 aromatic rings. The van der Waals surface area contributed by atoms with Crippen molar-refractivity contribution in [3.8, 4) is 0 Å². The molecule has 0 aromatic carbocycles. The van der Waals surface area contributed by atoms with E-state index in [0.717, 1.165) is 38.5 Å². The van der Waals surface area contributed by atoms with E-state index in [1.54, 1.807) is 11.0 Å². The Labute approximate surface area is 143 Å². The Kier molecular flexibility index (Phi) is 6.80. The Morgan fingerprint density at radius 1 is 1.29 bits per heavy atom. The fraction of sp³-hybridized carbons (Fsp3) is 0.778. The lowest BCUT2D eigenvalue weighted by Crippen LogP contribution is -2.51. The van der Waals surface area contributed by atoms with Crippen LogP contribution in [-0.2, 0) is 9.59 Å². The fourth-order valence-electron chi connectivity index (χ4n) is 3.90. The lowest BCUT2D eigenvalue weighted by Gasteiger charge is -2.31. The molecule has 0 aromatic heterocycles. The van der Waals surface area contributed by atoms with Gasteiger partial charge in [-0.1, -0.05) is 18.9 Å². The second kappa shape index (κ2) is 8.62. The SMILES string of the molecule is C=CCC(CC(=O)N1CCCC1CO)C(=O)NC1(CO)CCCC1. The van der Waals surface area contributed by atoms with Crippen molar-refractivity contribution in [1.82, 2.24) is 10.2 Å². The number of nitrogens with one attached hydrogen (secondary N) is 1. The van der Waals surface area contributed by atoms with Crippen molar-refractivity contribution in [3.05, 3.63) is 12.7 Å². The Balaban J connectivity index is 1.98. The molecule has 0 bridgehead atoms. The molecule has 3 N–H and O–H groups in total. The van der Waals surface area contributed by atoms with Crippen LogP contribution in [-0.4, -0.2) is 58.3 Å². The summed E-state index contributed by atoms with van der Waals surface area (Å²) in [6, 6.07) is -0.122. The van der Waals surface area contributed by atoms with Crippen LogP contribution in [0.2, 0.25) is 0 Å². The number of nitrogens with zero attached hydrogens (tertiary/aromatic N) is 1. The van der Waals surface area contributed by atoms with Crippen LogP contribution < -0.4 is 5.32 Å². The fourth-order valence-corrected chi connectivity index (χ4v) is 3.90. The zero-order valence-electron chi connectivity index (χ0n) is 14.4. The van der Waals surface area contributed by atoms with E-state index in [4.69, 9.17) is 0 Å². The average Bonchev–Trinajstić information content (AvgIpc) is 3.23. The van der Waals surface area contributed by atoms with E-state index in [9.17, 15) is 19.8 Å². The summed E-state index contributed by atoms with van der Waals surface area (Å²) in [5, 5.41) is 22.0. The van der Waals surface area contributed by atoms with Crippen molar-refractivity contribution < 1.29 is 19.8 Å². The maximum atomic E-state index is 12.7. The summed E-state index contributed by atoms with van der Waals surface area (Å²) in [6.45, 7) is 4.25. The van der Waals surface area contributed by atoms with E-state index in [1.165, 1.54) is 0 Å². The molecule has 2 fully saturated rings. The van der Waals surface area contributed by atoms with Gasteiger partial charge in [-0.15, -0.1) is 6.58 Å². The van der Waals surface area contributed by atoms with E-state index in [0.29, 0.717) is 13.0 Å². The molecule has 1 aliphatic heterocycles. The summed E-state index contributed by atoms with van der Waals surface area (Å²) in [5.41, 5.74) is -0.527. The van der Waals surface area contributed by atoms with Crippen molar-refractivity contribution in [2.45, 2.75) is 62.9 Å². The molecule has 24 heavy (non-hydrogen) atoms. The molecule has 0 radical (unpaired) electrons. The molecule has 2 amide bonds. The zero-order chi connectivity index (χ0) is 17.6. The molecule has 1 aliphatic carbocycles. The Morgan fingerprint density at radius 2 is 2.00 bits per heavy atom. The van der Waals surface area contributed by atoms with Gasteiger partial charge in [0.2, 0.25) is 11.8 Å². The highest BCUT2D eigenvalue weighted by molar-refractivity contribution is 5.86. The highest BCUT2D eigenvalue weighted by Crippen LogP contribution is 2.30. The van der Waals surface area contributed by atoms with Crippen molar-refractivity contribution in [2.24, 2.45) is 5.92 Å². The van der Waals surface area contributed by atoms with E-state index >= 15 is 0 Å². The van der Waals surface area contributed by atoms with E-state index in [-0.39, 0.29) is 37.5 Å². The summed E-state index contributed by atoms with van der Waals surface area (Å²) < 4.78 is 0. The van der Waals surface area contributed by atoms with Crippen molar-refractivity contribution >= 4 is 11.8 Å². The first-order valence-electron chi connectivity index (χ1n) is 8.99. The van der Waals surface area contributed by atoms with Gasteiger partial charge in [-0.05, 0) is 32.1 Å². The van der Waals surface area contributed by atoms with Crippen molar-refractivity contribution in [1.29, 1.82) is 0 Å². The monoisotopic (exact) mass is 338 g/mol. The third-order valence-electron chi connectivity index (χ3n) is 5.40. The third-order valence-corrected chi connectivity index (χ3v) is 5.40. The smallest absolute Gasteiger partial charge is 0.224 e. The maximum Gasteiger partial charge on any atom is 0.224 e. The number of aliphatic hydroxyl groups excluding tert-OH is 2. The molecule has 2 atom stereocenters. The Hall–Kier alpha value is -1.40. The van der Waals surface area contributed by atoms with Crippen LogP contribution in [0, 0.1) is 5.92 Å². The van der Waals surface area contributed by atoms with Crippen LogP contribution in [0.15, 0.2) is 12.7 Å². The number of rotatable bonds is 8. The topological polar surface area (TPSA) is 89.9 Å². The van der Waals surface area contributed by atoms with Crippen LogP contribution in [0.4, 0.5) is 0 Å². The van der Waals surface area contributed by atoms with E-state index < -0.39 is 11.5 Å². The first-order chi connectivity index (χ1) is 11.5. The molecule has 136 valence electrons. The zero-order valence-corrected chi connectivity index (χ0v) is 14.4. The number of amides is 2. The second-order valence-corrected chi connectivity index (χ2v) is 7.13. The molecule has 2 rings (SSSR count). The molecule has 0 spiro atoms. The number of likely N-dealkylation sites (tertiary alicyclic amines) is 1. The van der Waals surface area contributed by atoms with Gasteiger partial charge < -0.3 is 20.4 Å². The number of hydrogen-bond donors (Lipinski definition) is 3.